The summed E-state index contributed by atoms with van der Waals surface area (Å²) in [6.07, 6.45) is 0.170. The SMILES string of the molecule is CC(C)OCCn1c(=O)oc2ccc(I)cc21. The van der Waals surface area contributed by atoms with E-state index in [-0.39, 0.29) is 11.9 Å². The first kappa shape index (κ1) is 12.6. The Morgan fingerprint density at radius 3 is 2.94 bits per heavy atom. The van der Waals surface area contributed by atoms with Crippen molar-refractivity contribution in [2.24, 2.45) is 0 Å². The quantitative estimate of drug-likeness (QED) is 0.799. The molecular formula is C12H14INO3. The minimum Gasteiger partial charge on any atom is -0.408 e. The molecule has 0 aliphatic heterocycles. The van der Waals surface area contributed by atoms with Crippen LogP contribution in [0.2, 0.25) is 0 Å². The average molecular weight is 347 g/mol. The molecule has 0 aliphatic carbocycles. The molecule has 2 aromatic rings. The first-order valence-electron chi connectivity index (χ1n) is 5.48. The molecule has 1 aromatic heterocycles. The number of benzene rings is 1. The van der Waals surface area contributed by atoms with Gasteiger partial charge in [-0.15, -0.1) is 0 Å². The van der Waals surface area contributed by atoms with Gasteiger partial charge >= 0.3 is 5.76 Å². The third kappa shape index (κ3) is 2.90. The molecule has 0 spiro atoms. The van der Waals surface area contributed by atoms with E-state index in [1.807, 2.05) is 32.0 Å². The van der Waals surface area contributed by atoms with Crippen molar-refractivity contribution in [3.63, 3.8) is 0 Å². The Morgan fingerprint density at radius 1 is 1.47 bits per heavy atom. The summed E-state index contributed by atoms with van der Waals surface area (Å²) in [7, 11) is 0. The van der Waals surface area contributed by atoms with E-state index in [4.69, 9.17) is 9.15 Å². The number of rotatable bonds is 4. The topological polar surface area (TPSA) is 44.4 Å². The van der Waals surface area contributed by atoms with Gasteiger partial charge in [-0.1, -0.05) is 0 Å². The molecule has 0 unspecified atom stereocenters. The van der Waals surface area contributed by atoms with Crippen LogP contribution >= 0.6 is 22.6 Å². The lowest BCUT2D eigenvalue weighted by Crippen LogP contribution is -2.19. The lowest BCUT2D eigenvalue weighted by molar-refractivity contribution is 0.0723. The second-order valence-corrected chi connectivity index (χ2v) is 5.30. The summed E-state index contributed by atoms with van der Waals surface area (Å²) < 4.78 is 13.3. The fourth-order valence-corrected chi connectivity index (χ4v) is 2.10. The third-order valence-electron chi connectivity index (χ3n) is 2.40. The third-order valence-corrected chi connectivity index (χ3v) is 3.07. The van der Waals surface area contributed by atoms with Crippen LogP contribution in [-0.2, 0) is 11.3 Å². The molecule has 1 aromatic carbocycles. The van der Waals surface area contributed by atoms with Gasteiger partial charge in [0.2, 0.25) is 0 Å². The zero-order chi connectivity index (χ0) is 12.4. The van der Waals surface area contributed by atoms with Gasteiger partial charge < -0.3 is 9.15 Å². The molecule has 0 bridgehead atoms. The smallest absolute Gasteiger partial charge is 0.408 e. The molecule has 0 fully saturated rings. The highest BCUT2D eigenvalue weighted by molar-refractivity contribution is 14.1. The molecule has 0 atom stereocenters. The largest absolute Gasteiger partial charge is 0.420 e. The fourth-order valence-electron chi connectivity index (χ4n) is 1.63. The van der Waals surface area contributed by atoms with Gasteiger partial charge in [-0.05, 0) is 54.6 Å². The summed E-state index contributed by atoms with van der Waals surface area (Å²) in [6, 6.07) is 5.68. The number of ether oxygens (including phenoxy) is 1. The molecule has 4 nitrogen and oxygen atoms in total. The van der Waals surface area contributed by atoms with Crippen LogP contribution in [0.4, 0.5) is 0 Å². The van der Waals surface area contributed by atoms with Crippen LogP contribution < -0.4 is 5.76 Å². The molecule has 0 saturated carbocycles. The number of fused-ring (bicyclic) bond motifs is 1. The normalized spacial score (nSPS) is 11.5. The Morgan fingerprint density at radius 2 is 2.24 bits per heavy atom. The lowest BCUT2D eigenvalue weighted by Gasteiger charge is -2.07. The van der Waals surface area contributed by atoms with Gasteiger partial charge in [-0.3, -0.25) is 4.57 Å². The maximum absolute atomic E-state index is 11.7. The lowest BCUT2D eigenvalue weighted by atomic mass is 10.3. The Bertz CT molecular complexity index is 571. The van der Waals surface area contributed by atoms with Gasteiger partial charge in [-0.25, -0.2) is 4.79 Å². The van der Waals surface area contributed by atoms with E-state index < -0.39 is 0 Å². The van der Waals surface area contributed by atoms with Crippen molar-refractivity contribution >= 4 is 33.7 Å². The van der Waals surface area contributed by atoms with Crippen LogP contribution in [-0.4, -0.2) is 17.3 Å². The number of oxazole rings is 1. The summed E-state index contributed by atoms with van der Waals surface area (Å²) in [5, 5.41) is 0. The summed E-state index contributed by atoms with van der Waals surface area (Å²) in [5.74, 6) is -0.325. The van der Waals surface area contributed by atoms with Crippen molar-refractivity contribution in [1.82, 2.24) is 4.57 Å². The predicted octanol–water partition coefficient (Wildman–Crippen LogP) is 2.62. The van der Waals surface area contributed by atoms with Crippen molar-refractivity contribution in [3.8, 4) is 0 Å². The Labute approximate surface area is 113 Å². The minimum absolute atomic E-state index is 0.170. The van der Waals surface area contributed by atoms with Gasteiger partial charge in [0.25, 0.3) is 0 Å². The van der Waals surface area contributed by atoms with Gasteiger partial charge in [0.1, 0.15) is 0 Å². The predicted molar refractivity (Wildman–Crippen MR) is 74.3 cm³/mol. The van der Waals surface area contributed by atoms with E-state index in [1.165, 1.54) is 0 Å². The fraction of sp³-hybridized carbons (Fsp3) is 0.417. The number of hydrogen-bond acceptors (Lipinski definition) is 3. The van der Waals surface area contributed by atoms with Gasteiger partial charge in [0, 0.05) is 3.57 Å². The summed E-state index contributed by atoms with van der Waals surface area (Å²) in [4.78, 5) is 11.7. The van der Waals surface area contributed by atoms with Gasteiger partial charge in [-0.2, -0.15) is 0 Å². The first-order valence-corrected chi connectivity index (χ1v) is 6.56. The average Bonchev–Trinajstić information content (AvgIpc) is 2.55. The molecule has 0 amide bonds. The molecule has 2 rings (SSSR count). The number of halogens is 1. The molecule has 0 saturated heterocycles. The number of hydrogen-bond donors (Lipinski definition) is 0. The Balaban J connectivity index is 2.29. The van der Waals surface area contributed by atoms with Crippen LogP contribution in [0, 0.1) is 3.57 Å². The molecular weight excluding hydrogens is 333 g/mol. The molecule has 5 heteroatoms. The second kappa shape index (κ2) is 5.22. The zero-order valence-corrected chi connectivity index (χ0v) is 11.9. The van der Waals surface area contributed by atoms with E-state index in [0.717, 1.165) is 9.09 Å². The summed E-state index contributed by atoms with van der Waals surface area (Å²) in [6.45, 7) is 4.97. The van der Waals surface area contributed by atoms with Crippen LogP contribution in [0.5, 0.6) is 0 Å². The van der Waals surface area contributed by atoms with Crippen LogP contribution in [0.3, 0.4) is 0 Å². The summed E-state index contributed by atoms with van der Waals surface area (Å²) >= 11 is 2.21. The van der Waals surface area contributed by atoms with E-state index in [2.05, 4.69) is 22.6 Å². The van der Waals surface area contributed by atoms with Crippen molar-refractivity contribution < 1.29 is 9.15 Å². The molecule has 0 N–H and O–H groups in total. The number of aromatic nitrogens is 1. The second-order valence-electron chi connectivity index (χ2n) is 4.05. The maximum atomic E-state index is 11.7. The van der Waals surface area contributed by atoms with Crippen molar-refractivity contribution in [1.29, 1.82) is 0 Å². The molecule has 0 aliphatic rings. The van der Waals surface area contributed by atoms with Crippen molar-refractivity contribution in [3.05, 3.63) is 32.3 Å². The monoisotopic (exact) mass is 347 g/mol. The highest BCUT2D eigenvalue weighted by Gasteiger charge is 2.09. The highest BCUT2D eigenvalue weighted by Crippen LogP contribution is 2.16. The van der Waals surface area contributed by atoms with E-state index in [1.54, 1.807) is 4.57 Å². The van der Waals surface area contributed by atoms with Crippen LogP contribution in [0.15, 0.2) is 27.4 Å². The first-order chi connectivity index (χ1) is 8.08. The maximum Gasteiger partial charge on any atom is 0.420 e. The summed E-state index contributed by atoms with van der Waals surface area (Å²) in [5.41, 5.74) is 1.45. The molecule has 92 valence electrons. The standard InChI is InChI=1S/C12H14INO3/c1-8(2)16-6-5-14-10-7-9(13)3-4-11(10)17-12(14)15/h3-4,7-8H,5-6H2,1-2H3. The molecule has 1 heterocycles. The van der Waals surface area contributed by atoms with Crippen molar-refractivity contribution in [2.45, 2.75) is 26.5 Å². The molecule has 17 heavy (non-hydrogen) atoms. The highest BCUT2D eigenvalue weighted by atomic mass is 127. The van der Waals surface area contributed by atoms with E-state index in [9.17, 15) is 4.79 Å². The minimum atomic E-state index is -0.325. The van der Waals surface area contributed by atoms with Crippen molar-refractivity contribution in [2.75, 3.05) is 6.61 Å². The van der Waals surface area contributed by atoms with E-state index in [0.29, 0.717) is 18.7 Å². The van der Waals surface area contributed by atoms with Gasteiger partial charge in [0.15, 0.2) is 5.58 Å². The van der Waals surface area contributed by atoms with Crippen LogP contribution in [0.25, 0.3) is 11.1 Å². The van der Waals surface area contributed by atoms with Gasteiger partial charge in [0.05, 0.1) is 24.8 Å². The van der Waals surface area contributed by atoms with E-state index >= 15 is 0 Å². The number of nitrogens with zero attached hydrogens (tertiary/aromatic N) is 1. The molecule has 0 radical (unpaired) electrons. The Kier molecular flexibility index (Phi) is 3.88. The Hall–Kier alpha value is -0.820. The zero-order valence-electron chi connectivity index (χ0n) is 9.77. The van der Waals surface area contributed by atoms with Crippen LogP contribution in [0.1, 0.15) is 13.8 Å².